The van der Waals surface area contributed by atoms with Crippen molar-refractivity contribution in [3.05, 3.63) is 44.0 Å². The van der Waals surface area contributed by atoms with Gasteiger partial charge >= 0.3 is 0 Å². The second kappa shape index (κ2) is 7.13. The molecule has 1 aliphatic carbocycles. The van der Waals surface area contributed by atoms with E-state index in [1.54, 1.807) is 18.2 Å². The van der Waals surface area contributed by atoms with Crippen LogP contribution in [0.3, 0.4) is 0 Å². The monoisotopic (exact) mass is 464 g/mol. The van der Waals surface area contributed by atoms with Gasteiger partial charge in [-0.2, -0.15) is 8.42 Å². The summed E-state index contributed by atoms with van der Waals surface area (Å²) in [6.45, 7) is 6.02. The molecule has 0 N–H and O–H groups in total. The quantitative estimate of drug-likeness (QED) is 0.605. The SMILES string of the molecule is CC(COS(=O)(=O)C1=CCC(C)(C)C=C1)c1cc(Br)nnc1Br. The van der Waals surface area contributed by atoms with Crippen LogP contribution < -0.4 is 0 Å². The van der Waals surface area contributed by atoms with Crippen LogP contribution in [0.25, 0.3) is 0 Å². The van der Waals surface area contributed by atoms with Crippen molar-refractivity contribution in [1.82, 2.24) is 10.2 Å². The standard InChI is InChI=1S/C15H18Br2N2O3S/c1-10(12-8-13(16)18-19-14(12)17)9-22-23(20,21)11-4-6-15(2,3)7-5-11/h4-6,8,10H,7,9H2,1-3H3. The number of hydrogen-bond donors (Lipinski definition) is 0. The van der Waals surface area contributed by atoms with Crippen molar-refractivity contribution in [2.75, 3.05) is 6.61 Å². The lowest BCUT2D eigenvalue weighted by atomic mass is 9.86. The number of rotatable bonds is 5. The minimum atomic E-state index is -3.75. The molecular weight excluding hydrogens is 448 g/mol. The Hall–Kier alpha value is -0.570. The van der Waals surface area contributed by atoms with E-state index in [9.17, 15) is 8.42 Å². The van der Waals surface area contributed by atoms with Crippen molar-refractivity contribution in [1.29, 1.82) is 0 Å². The Bertz CT molecular complexity index is 758. The summed E-state index contributed by atoms with van der Waals surface area (Å²) in [7, 11) is -3.75. The zero-order chi connectivity index (χ0) is 17.3. The largest absolute Gasteiger partial charge is 0.296 e. The Morgan fingerprint density at radius 1 is 1.35 bits per heavy atom. The number of hydrogen-bond acceptors (Lipinski definition) is 5. The number of nitrogens with zero attached hydrogens (tertiary/aromatic N) is 2. The van der Waals surface area contributed by atoms with E-state index >= 15 is 0 Å². The van der Waals surface area contributed by atoms with Crippen LogP contribution in [0.5, 0.6) is 0 Å². The lowest BCUT2D eigenvalue weighted by molar-refractivity contribution is 0.301. The molecule has 23 heavy (non-hydrogen) atoms. The van der Waals surface area contributed by atoms with Crippen molar-refractivity contribution in [2.45, 2.75) is 33.1 Å². The lowest BCUT2D eigenvalue weighted by Gasteiger charge is -2.22. The molecule has 0 bridgehead atoms. The fraction of sp³-hybridized carbons (Fsp3) is 0.467. The summed E-state index contributed by atoms with van der Waals surface area (Å²) in [5, 5.41) is 7.80. The van der Waals surface area contributed by atoms with E-state index in [1.807, 2.05) is 13.0 Å². The molecule has 1 unspecified atom stereocenters. The molecule has 5 nitrogen and oxygen atoms in total. The summed E-state index contributed by atoms with van der Waals surface area (Å²) >= 11 is 6.58. The Morgan fingerprint density at radius 3 is 2.65 bits per heavy atom. The van der Waals surface area contributed by atoms with Crippen molar-refractivity contribution in [2.24, 2.45) is 5.41 Å². The van der Waals surface area contributed by atoms with Gasteiger partial charge in [-0.15, -0.1) is 10.2 Å². The van der Waals surface area contributed by atoms with Gasteiger partial charge in [0.05, 0.1) is 11.5 Å². The topological polar surface area (TPSA) is 69.2 Å². The lowest BCUT2D eigenvalue weighted by Crippen LogP contribution is -2.17. The van der Waals surface area contributed by atoms with Crippen molar-refractivity contribution in [3.8, 4) is 0 Å². The van der Waals surface area contributed by atoms with Crippen LogP contribution in [-0.4, -0.2) is 25.2 Å². The maximum Gasteiger partial charge on any atom is 0.296 e. The highest BCUT2D eigenvalue weighted by molar-refractivity contribution is 9.10. The van der Waals surface area contributed by atoms with Crippen LogP contribution in [0.4, 0.5) is 0 Å². The van der Waals surface area contributed by atoms with Gasteiger partial charge in [0, 0.05) is 5.92 Å². The molecule has 0 fully saturated rings. The summed E-state index contributed by atoms with van der Waals surface area (Å²) in [5.41, 5.74) is 0.808. The average molecular weight is 466 g/mol. The van der Waals surface area contributed by atoms with Gasteiger partial charge < -0.3 is 0 Å². The number of aromatic nitrogens is 2. The zero-order valence-electron chi connectivity index (χ0n) is 13.1. The van der Waals surface area contributed by atoms with Gasteiger partial charge in [-0.25, -0.2) is 0 Å². The first-order valence-electron chi connectivity index (χ1n) is 7.08. The molecule has 0 saturated heterocycles. The predicted molar refractivity (Wildman–Crippen MR) is 96.3 cm³/mol. The molecule has 0 saturated carbocycles. The van der Waals surface area contributed by atoms with Crippen molar-refractivity contribution in [3.63, 3.8) is 0 Å². The fourth-order valence-electron chi connectivity index (χ4n) is 2.05. The van der Waals surface area contributed by atoms with Gasteiger partial charge in [0.15, 0.2) is 0 Å². The molecule has 1 aromatic rings. The summed E-state index contributed by atoms with van der Waals surface area (Å²) in [6, 6.07) is 1.79. The Morgan fingerprint density at radius 2 is 2.04 bits per heavy atom. The van der Waals surface area contributed by atoms with E-state index in [-0.39, 0.29) is 22.8 Å². The molecule has 8 heteroatoms. The van der Waals surface area contributed by atoms with Crippen LogP contribution >= 0.6 is 31.9 Å². The summed E-state index contributed by atoms with van der Waals surface area (Å²) in [6.07, 6.45) is 5.89. The van der Waals surface area contributed by atoms with E-state index in [0.29, 0.717) is 15.6 Å². The molecule has 0 amide bonds. The molecule has 1 atom stereocenters. The van der Waals surface area contributed by atoms with E-state index < -0.39 is 10.1 Å². The smallest absolute Gasteiger partial charge is 0.266 e. The average Bonchev–Trinajstić information content (AvgIpc) is 2.47. The first-order valence-corrected chi connectivity index (χ1v) is 10.1. The minimum Gasteiger partial charge on any atom is -0.266 e. The van der Waals surface area contributed by atoms with Gasteiger partial charge in [0.2, 0.25) is 0 Å². The normalized spacial score (nSPS) is 18.6. The second-order valence-electron chi connectivity index (χ2n) is 6.19. The second-order valence-corrected chi connectivity index (χ2v) is 9.36. The third-order valence-electron chi connectivity index (χ3n) is 3.57. The van der Waals surface area contributed by atoms with Gasteiger partial charge in [0.25, 0.3) is 10.1 Å². The van der Waals surface area contributed by atoms with Crippen LogP contribution in [0.15, 0.2) is 38.4 Å². The molecule has 0 aliphatic heterocycles. The highest BCUT2D eigenvalue weighted by Gasteiger charge is 2.24. The third kappa shape index (κ3) is 4.95. The van der Waals surface area contributed by atoms with E-state index in [1.165, 1.54) is 0 Å². The fourth-order valence-corrected chi connectivity index (χ4v) is 4.01. The Balaban J connectivity index is 2.06. The highest BCUT2D eigenvalue weighted by atomic mass is 79.9. The minimum absolute atomic E-state index is 0.0217. The van der Waals surface area contributed by atoms with Gasteiger partial charge in [-0.05, 0) is 61.4 Å². The molecule has 1 aliphatic rings. The first-order chi connectivity index (χ1) is 10.6. The van der Waals surface area contributed by atoms with Crippen LogP contribution in [0.2, 0.25) is 0 Å². The molecule has 1 aromatic heterocycles. The Labute approximate surface area is 153 Å². The van der Waals surface area contributed by atoms with Crippen LogP contribution in [-0.2, 0) is 14.3 Å². The molecule has 2 rings (SSSR count). The van der Waals surface area contributed by atoms with E-state index in [4.69, 9.17) is 4.18 Å². The van der Waals surface area contributed by atoms with Gasteiger partial charge in [-0.1, -0.05) is 32.9 Å². The third-order valence-corrected chi connectivity index (χ3v) is 5.90. The zero-order valence-corrected chi connectivity index (χ0v) is 17.1. The van der Waals surface area contributed by atoms with Gasteiger partial charge in [-0.3, -0.25) is 4.18 Å². The molecule has 126 valence electrons. The molecule has 0 aromatic carbocycles. The first kappa shape index (κ1) is 18.8. The molecular formula is C15H18Br2N2O3S. The molecule has 0 radical (unpaired) electrons. The summed E-state index contributed by atoms with van der Waals surface area (Å²) < 4.78 is 31.0. The number of halogens is 2. The Kier molecular flexibility index (Phi) is 5.81. The maximum absolute atomic E-state index is 12.3. The molecule has 0 spiro atoms. The van der Waals surface area contributed by atoms with Gasteiger partial charge in [0.1, 0.15) is 9.21 Å². The van der Waals surface area contributed by atoms with Crippen LogP contribution in [0, 0.1) is 5.41 Å². The van der Waals surface area contributed by atoms with E-state index in [0.717, 1.165) is 5.56 Å². The maximum atomic E-state index is 12.3. The summed E-state index contributed by atoms with van der Waals surface area (Å²) in [4.78, 5) is 0.220. The molecule has 1 heterocycles. The number of allylic oxidation sites excluding steroid dienone is 3. The van der Waals surface area contributed by atoms with E-state index in [2.05, 4.69) is 55.9 Å². The summed E-state index contributed by atoms with van der Waals surface area (Å²) in [5.74, 6) is -0.157. The highest BCUT2D eigenvalue weighted by Crippen LogP contribution is 2.31. The van der Waals surface area contributed by atoms with Crippen LogP contribution in [0.1, 0.15) is 38.7 Å². The predicted octanol–water partition coefficient (Wildman–Crippen LogP) is 4.32. The van der Waals surface area contributed by atoms with Crippen molar-refractivity contribution < 1.29 is 12.6 Å². The van der Waals surface area contributed by atoms with Crippen molar-refractivity contribution >= 4 is 42.0 Å².